The molecule has 28 heavy (non-hydrogen) atoms. The van der Waals surface area contributed by atoms with Crippen LogP contribution >= 0.6 is 0 Å². The first-order chi connectivity index (χ1) is 14.9. The van der Waals surface area contributed by atoms with Crippen molar-refractivity contribution in [3.8, 4) is 33.8 Å². The van der Waals surface area contributed by atoms with Crippen LogP contribution in [0.5, 0.6) is 0 Å². The molecule has 6 heteroatoms. The molecule has 0 radical (unpaired) electrons. The summed E-state index contributed by atoms with van der Waals surface area (Å²) in [5.41, 5.74) is 3.15. The molecule has 5 nitrogen and oxygen atoms in total. The summed E-state index contributed by atoms with van der Waals surface area (Å²) in [6.45, 7) is -2.48. The van der Waals surface area contributed by atoms with E-state index < -0.39 is 12.8 Å². The van der Waals surface area contributed by atoms with E-state index in [1.807, 2.05) is 36.4 Å². The maximum atomic E-state index is 13.4. The third-order valence-electron chi connectivity index (χ3n) is 4.47. The SMILES string of the molecule is [2H]C([2H])([2H])n1cc(-c2ncnc3oc(-c4ccccc4)cc23)c(-c2ccc(F)cc2)n1. The van der Waals surface area contributed by atoms with E-state index in [2.05, 4.69) is 15.1 Å². The Hall–Kier alpha value is -3.80. The Bertz CT molecular complexity index is 1380. The van der Waals surface area contributed by atoms with Crippen molar-refractivity contribution in [2.75, 3.05) is 0 Å². The molecule has 0 aliphatic carbocycles. The maximum absolute atomic E-state index is 13.4. The number of hydrogen-bond acceptors (Lipinski definition) is 4. The second-order valence-electron chi connectivity index (χ2n) is 6.26. The van der Waals surface area contributed by atoms with Gasteiger partial charge in [0.25, 0.3) is 0 Å². The number of benzene rings is 2. The summed E-state index contributed by atoms with van der Waals surface area (Å²) in [4.78, 5) is 8.62. The maximum Gasteiger partial charge on any atom is 0.230 e. The third kappa shape index (κ3) is 2.75. The minimum absolute atomic E-state index is 0.371. The van der Waals surface area contributed by atoms with Crippen molar-refractivity contribution in [2.24, 2.45) is 6.98 Å². The van der Waals surface area contributed by atoms with Gasteiger partial charge in [-0.25, -0.2) is 14.4 Å². The van der Waals surface area contributed by atoms with Crippen molar-refractivity contribution >= 4 is 11.1 Å². The van der Waals surface area contributed by atoms with Gasteiger partial charge in [-0.2, -0.15) is 5.10 Å². The molecule has 0 aliphatic rings. The van der Waals surface area contributed by atoms with Crippen LogP contribution < -0.4 is 0 Å². The summed E-state index contributed by atoms with van der Waals surface area (Å²) in [6.07, 6.45) is 2.78. The summed E-state index contributed by atoms with van der Waals surface area (Å²) in [5.74, 6) is 0.219. The van der Waals surface area contributed by atoms with E-state index >= 15 is 0 Å². The Morgan fingerprint density at radius 2 is 1.79 bits per heavy atom. The topological polar surface area (TPSA) is 56.7 Å². The lowest BCUT2D eigenvalue weighted by atomic mass is 10.0. The summed E-state index contributed by atoms with van der Waals surface area (Å²) in [6, 6.07) is 17.1. The number of furan rings is 1. The van der Waals surface area contributed by atoms with Crippen LogP contribution in [0.2, 0.25) is 0 Å². The average Bonchev–Trinajstić information content (AvgIpc) is 3.39. The monoisotopic (exact) mass is 373 g/mol. The summed E-state index contributed by atoms with van der Waals surface area (Å²) >= 11 is 0. The van der Waals surface area contributed by atoms with E-state index in [1.54, 1.807) is 12.1 Å². The highest BCUT2D eigenvalue weighted by molar-refractivity contribution is 5.95. The molecule has 0 atom stereocenters. The molecular weight excluding hydrogens is 355 g/mol. The van der Waals surface area contributed by atoms with Gasteiger partial charge < -0.3 is 4.42 Å². The van der Waals surface area contributed by atoms with Gasteiger partial charge in [0.15, 0.2) is 0 Å². The van der Waals surface area contributed by atoms with Crippen molar-refractivity contribution in [1.29, 1.82) is 0 Å². The number of aromatic nitrogens is 4. The van der Waals surface area contributed by atoms with Gasteiger partial charge in [0.1, 0.15) is 23.6 Å². The van der Waals surface area contributed by atoms with Gasteiger partial charge in [-0.05, 0) is 30.3 Å². The molecule has 0 bridgehead atoms. The Labute approximate surface area is 164 Å². The van der Waals surface area contributed by atoms with Gasteiger partial charge in [-0.1, -0.05) is 30.3 Å². The molecule has 0 spiro atoms. The zero-order chi connectivity index (χ0) is 21.6. The van der Waals surface area contributed by atoms with Crippen molar-refractivity contribution in [3.05, 3.63) is 79.0 Å². The van der Waals surface area contributed by atoms with Gasteiger partial charge >= 0.3 is 0 Å². The predicted molar refractivity (Wildman–Crippen MR) is 105 cm³/mol. The van der Waals surface area contributed by atoms with Crippen LogP contribution in [-0.4, -0.2) is 19.7 Å². The molecule has 0 N–H and O–H groups in total. The van der Waals surface area contributed by atoms with Gasteiger partial charge in [0.2, 0.25) is 5.71 Å². The van der Waals surface area contributed by atoms with Crippen molar-refractivity contribution in [1.82, 2.24) is 19.7 Å². The fourth-order valence-electron chi connectivity index (χ4n) is 3.18. The van der Waals surface area contributed by atoms with Gasteiger partial charge in [0, 0.05) is 34.0 Å². The van der Waals surface area contributed by atoms with E-state index in [0.717, 1.165) is 10.2 Å². The average molecular weight is 373 g/mol. The predicted octanol–water partition coefficient (Wildman–Crippen LogP) is 5.10. The molecule has 0 saturated carbocycles. The van der Waals surface area contributed by atoms with Crippen molar-refractivity contribution in [2.45, 2.75) is 0 Å². The summed E-state index contributed by atoms with van der Waals surface area (Å²) in [7, 11) is 0. The van der Waals surface area contributed by atoms with Crippen LogP contribution in [0.25, 0.3) is 44.9 Å². The highest BCUT2D eigenvalue weighted by Gasteiger charge is 2.19. The molecule has 0 unspecified atom stereocenters. The molecule has 136 valence electrons. The van der Waals surface area contributed by atoms with E-state index in [-0.39, 0.29) is 0 Å². The molecule has 3 heterocycles. The number of hydrogen-bond donors (Lipinski definition) is 0. The van der Waals surface area contributed by atoms with Gasteiger partial charge in [-0.15, -0.1) is 0 Å². The fourth-order valence-corrected chi connectivity index (χ4v) is 3.18. The van der Waals surface area contributed by atoms with Crippen molar-refractivity contribution in [3.63, 3.8) is 0 Å². The summed E-state index contributed by atoms with van der Waals surface area (Å²) < 4.78 is 43.5. The Balaban J connectivity index is 1.73. The molecule has 0 amide bonds. The van der Waals surface area contributed by atoms with Crippen LogP contribution in [0.4, 0.5) is 4.39 Å². The van der Waals surface area contributed by atoms with Crippen molar-refractivity contribution < 1.29 is 12.9 Å². The number of fused-ring (bicyclic) bond motifs is 1. The molecular formula is C22H15FN4O. The lowest BCUT2D eigenvalue weighted by Gasteiger charge is -2.03. The summed E-state index contributed by atoms with van der Waals surface area (Å²) in [5, 5.41) is 4.89. The molecule has 3 aromatic heterocycles. The van der Waals surface area contributed by atoms with Gasteiger partial charge in [0.05, 0.1) is 11.1 Å². The molecule has 5 rings (SSSR count). The molecule has 0 aliphatic heterocycles. The van der Waals surface area contributed by atoms with Crippen LogP contribution in [0.1, 0.15) is 4.11 Å². The Morgan fingerprint density at radius 3 is 2.57 bits per heavy atom. The molecule has 2 aromatic carbocycles. The van der Waals surface area contributed by atoms with E-state index in [4.69, 9.17) is 8.53 Å². The first kappa shape index (κ1) is 13.4. The highest BCUT2D eigenvalue weighted by Crippen LogP contribution is 2.36. The number of aryl methyl sites for hydroxylation is 1. The van der Waals surface area contributed by atoms with Crippen LogP contribution in [0, 0.1) is 5.82 Å². The Kier molecular flexibility index (Phi) is 3.07. The van der Waals surface area contributed by atoms with E-state index in [9.17, 15) is 4.39 Å². The minimum atomic E-state index is -2.48. The highest BCUT2D eigenvalue weighted by atomic mass is 19.1. The first-order valence-corrected chi connectivity index (χ1v) is 8.56. The fraction of sp³-hybridized carbons (Fsp3) is 0.0455. The largest absolute Gasteiger partial charge is 0.438 e. The second-order valence-corrected chi connectivity index (χ2v) is 6.26. The lowest BCUT2D eigenvalue weighted by Crippen LogP contribution is -1.89. The standard InChI is InChI=1S/C22H15FN4O/c1-27-12-18(20(26-27)15-7-9-16(23)10-8-15)21-17-11-19(14-5-3-2-4-6-14)28-22(17)25-13-24-21/h2-13H,1H3/i1D3. The number of nitrogens with zero attached hydrogens (tertiary/aromatic N) is 4. The Morgan fingerprint density at radius 1 is 0.964 bits per heavy atom. The van der Waals surface area contributed by atoms with E-state index in [0.29, 0.717) is 39.4 Å². The van der Waals surface area contributed by atoms with Crippen LogP contribution in [0.15, 0.2) is 77.6 Å². The minimum Gasteiger partial charge on any atom is -0.438 e. The zero-order valence-electron chi connectivity index (χ0n) is 17.5. The third-order valence-corrected chi connectivity index (χ3v) is 4.47. The van der Waals surface area contributed by atoms with Crippen LogP contribution in [-0.2, 0) is 6.98 Å². The van der Waals surface area contributed by atoms with Gasteiger partial charge in [-0.3, -0.25) is 4.68 Å². The van der Waals surface area contributed by atoms with E-state index in [1.165, 1.54) is 24.7 Å². The van der Waals surface area contributed by atoms with Crippen LogP contribution in [0.3, 0.4) is 0 Å². The smallest absolute Gasteiger partial charge is 0.230 e. The number of rotatable bonds is 3. The number of halogens is 1. The first-order valence-electron chi connectivity index (χ1n) is 10.1. The zero-order valence-corrected chi connectivity index (χ0v) is 14.5. The lowest BCUT2D eigenvalue weighted by molar-refractivity contribution is 0.617. The quantitative estimate of drug-likeness (QED) is 0.442. The second kappa shape index (κ2) is 6.42. The molecule has 0 fully saturated rings. The molecule has 5 aromatic rings. The normalized spacial score (nSPS) is 13.2. The molecule has 0 saturated heterocycles.